The Hall–Kier alpha value is -3.63. The van der Waals surface area contributed by atoms with E-state index in [0.717, 1.165) is 6.07 Å². The second-order valence-electron chi connectivity index (χ2n) is 7.86. The van der Waals surface area contributed by atoms with Crippen LogP contribution in [0, 0.1) is 10.1 Å². The molecule has 0 aliphatic heterocycles. The molecule has 0 bridgehead atoms. The summed E-state index contributed by atoms with van der Waals surface area (Å²) in [6.07, 6.45) is 2.75. The standard InChI is InChI=1S/C19H25N5O6/c1-11(18(27)30-19(2,3)4)20-16(25)14-7-12(9-22(14)5)21-17(26)15-8-13(24(28)29)10-23(15)6/h7-11H,1-6H3,(H,20,25)(H,21,26). The van der Waals surface area contributed by atoms with Crippen molar-refractivity contribution in [2.75, 3.05) is 5.32 Å². The number of carbonyl (C=O) groups excluding carboxylic acids is 3. The highest BCUT2D eigenvalue weighted by Gasteiger charge is 2.25. The predicted molar refractivity (Wildman–Crippen MR) is 108 cm³/mol. The average Bonchev–Trinajstić information content (AvgIpc) is 3.16. The van der Waals surface area contributed by atoms with E-state index in [0.29, 0.717) is 5.69 Å². The fourth-order valence-corrected chi connectivity index (χ4v) is 2.65. The molecular weight excluding hydrogens is 394 g/mol. The van der Waals surface area contributed by atoms with E-state index < -0.39 is 34.3 Å². The molecule has 2 rings (SSSR count). The normalized spacial score (nSPS) is 12.2. The molecule has 2 heterocycles. The van der Waals surface area contributed by atoms with Gasteiger partial charge >= 0.3 is 5.97 Å². The number of nitrogens with zero attached hydrogens (tertiary/aromatic N) is 3. The molecule has 0 saturated carbocycles. The van der Waals surface area contributed by atoms with Crippen molar-refractivity contribution < 1.29 is 24.0 Å². The SMILES string of the molecule is CC(NC(=O)c1cc(NC(=O)c2cc([N+](=O)[O-])cn2C)cn1C)C(=O)OC(C)(C)C. The number of carbonyl (C=O) groups is 3. The highest BCUT2D eigenvalue weighted by Crippen LogP contribution is 2.18. The van der Waals surface area contributed by atoms with Crippen molar-refractivity contribution in [2.24, 2.45) is 14.1 Å². The van der Waals surface area contributed by atoms with Crippen LogP contribution in [-0.2, 0) is 23.6 Å². The zero-order valence-electron chi connectivity index (χ0n) is 17.7. The summed E-state index contributed by atoms with van der Waals surface area (Å²) in [5.41, 5.74) is -0.258. The van der Waals surface area contributed by atoms with E-state index in [1.807, 2.05) is 0 Å². The van der Waals surface area contributed by atoms with Crippen LogP contribution < -0.4 is 10.6 Å². The van der Waals surface area contributed by atoms with Gasteiger partial charge in [-0.1, -0.05) is 0 Å². The summed E-state index contributed by atoms with van der Waals surface area (Å²) in [6.45, 7) is 6.70. The minimum Gasteiger partial charge on any atom is -0.458 e. The third-order valence-corrected chi connectivity index (χ3v) is 4.04. The fourth-order valence-electron chi connectivity index (χ4n) is 2.65. The number of aromatic nitrogens is 2. The Bertz CT molecular complexity index is 998. The summed E-state index contributed by atoms with van der Waals surface area (Å²) in [4.78, 5) is 47.3. The molecule has 1 unspecified atom stereocenters. The number of nitrogens with one attached hydrogen (secondary N) is 2. The number of aryl methyl sites for hydroxylation is 2. The van der Waals surface area contributed by atoms with Gasteiger partial charge in [-0.2, -0.15) is 0 Å². The molecular formula is C19H25N5O6. The molecule has 162 valence electrons. The first-order valence-corrected chi connectivity index (χ1v) is 9.10. The quantitative estimate of drug-likeness (QED) is 0.417. The maximum absolute atomic E-state index is 12.5. The molecule has 2 N–H and O–H groups in total. The summed E-state index contributed by atoms with van der Waals surface area (Å²) >= 11 is 0. The summed E-state index contributed by atoms with van der Waals surface area (Å²) in [6, 6.07) is 1.73. The van der Waals surface area contributed by atoms with E-state index in [-0.39, 0.29) is 17.1 Å². The van der Waals surface area contributed by atoms with E-state index in [1.165, 1.54) is 41.6 Å². The summed E-state index contributed by atoms with van der Waals surface area (Å²) in [5, 5.41) is 16.0. The topological polar surface area (TPSA) is 138 Å². The second kappa shape index (κ2) is 8.39. The van der Waals surface area contributed by atoms with Crippen LogP contribution in [0.4, 0.5) is 11.4 Å². The van der Waals surface area contributed by atoms with E-state index in [2.05, 4.69) is 10.6 Å². The van der Waals surface area contributed by atoms with Crippen LogP contribution in [0.1, 0.15) is 48.7 Å². The molecule has 0 saturated heterocycles. The van der Waals surface area contributed by atoms with Crippen LogP contribution in [0.3, 0.4) is 0 Å². The van der Waals surface area contributed by atoms with Gasteiger partial charge in [-0.05, 0) is 33.8 Å². The Balaban J connectivity index is 2.09. The Kier molecular flexibility index (Phi) is 6.34. The largest absolute Gasteiger partial charge is 0.458 e. The molecule has 0 aromatic carbocycles. The molecule has 2 aromatic rings. The van der Waals surface area contributed by atoms with Gasteiger partial charge in [-0.25, -0.2) is 4.79 Å². The maximum atomic E-state index is 12.5. The Morgan fingerprint density at radius 2 is 1.63 bits per heavy atom. The number of hydrogen-bond acceptors (Lipinski definition) is 6. The van der Waals surface area contributed by atoms with Crippen LogP contribution >= 0.6 is 0 Å². The molecule has 0 aliphatic carbocycles. The highest BCUT2D eigenvalue weighted by atomic mass is 16.6. The Morgan fingerprint density at radius 1 is 1.07 bits per heavy atom. The van der Waals surface area contributed by atoms with Gasteiger partial charge in [0.05, 0.1) is 16.8 Å². The average molecular weight is 419 g/mol. The summed E-state index contributed by atoms with van der Waals surface area (Å²) in [5.74, 6) is -1.65. The molecule has 1 atom stereocenters. The van der Waals surface area contributed by atoms with Crippen molar-refractivity contribution in [1.82, 2.24) is 14.5 Å². The fraction of sp³-hybridized carbons (Fsp3) is 0.421. The Morgan fingerprint density at radius 3 is 2.17 bits per heavy atom. The number of rotatable bonds is 6. The first-order chi connectivity index (χ1) is 13.8. The minimum atomic E-state index is -0.867. The van der Waals surface area contributed by atoms with Crippen LogP contribution in [0.2, 0.25) is 0 Å². The second-order valence-corrected chi connectivity index (χ2v) is 7.86. The van der Waals surface area contributed by atoms with E-state index in [4.69, 9.17) is 4.74 Å². The zero-order valence-corrected chi connectivity index (χ0v) is 17.7. The predicted octanol–water partition coefficient (Wildman–Crippen LogP) is 1.98. The molecule has 2 amide bonds. The van der Waals surface area contributed by atoms with Crippen LogP contribution in [-0.4, -0.2) is 43.5 Å². The van der Waals surface area contributed by atoms with Gasteiger partial charge in [0, 0.05) is 26.4 Å². The van der Waals surface area contributed by atoms with Gasteiger partial charge in [-0.3, -0.25) is 19.7 Å². The van der Waals surface area contributed by atoms with Crippen molar-refractivity contribution >= 4 is 29.2 Å². The number of ether oxygens (including phenoxy) is 1. The molecule has 11 nitrogen and oxygen atoms in total. The lowest BCUT2D eigenvalue weighted by Crippen LogP contribution is -2.42. The smallest absolute Gasteiger partial charge is 0.328 e. The van der Waals surface area contributed by atoms with Gasteiger partial charge in [0.25, 0.3) is 17.5 Å². The van der Waals surface area contributed by atoms with Crippen molar-refractivity contribution in [3.63, 3.8) is 0 Å². The van der Waals surface area contributed by atoms with Crippen molar-refractivity contribution in [2.45, 2.75) is 39.3 Å². The molecule has 0 spiro atoms. The van der Waals surface area contributed by atoms with Gasteiger partial charge in [0.2, 0.25) is 0 Å². The zero-order chi connectivity index (χ0) is 22.8. The molecule has 0 radical (unpaired) electrons. The third kappa shape index (κ3) is 5.46. The molecule has 0 aliphatic rings. The lowest BCUT2D eigenvalue weighted by molar-refractivity contribution is -0.384. The van der Waals surface area contributed by atoms with Gasteiger partial charge in [0.1, 0.15) is 23.0 Å². The third-order valence-electron chi connectivity index (χ3n) is 4.04. The summed E-state index contributed by atoms with van der Waals surface area (Å²) < 4.78 is 8.06. The number of anilines is 1. The van der Waals surface area contributed by atoms with Gasteiger partial charge in [-0.15, -0.1) is 0 Å². The molecule has 30 heavy (non-hydrogen) atoms. The number of hydrogen-bond donors (Lipinski definition) is 2. The van der Waals surface area contributed by atoms with Crippen molar-refractivity contribution in [3.05, 3.63) is 46.0 Å². The first-order valence-electron chi connectivity index (χ1n) is 9.10. The lowest BCUT2D eigenvalue weighted by Gasteiger charge is -2.22. The first kappa shape index (κ1) is 22.7. The van der Waals surface area contributed by atoms with E-state index in [9.17, 15) is 24.5 Å². The molecule has 2 aromatic heterocycles. The highest BCUT2D eigenvalue weighted by molar-refractivity contribution is 6.04. The van der Waals surface area contributed by atoms with E-state index >= 15 is 0 Å². The van der Waals surface area contributed by atoms with Crippen LogP contribution in [0.5, 0.6) is 0 Å². The lowest BCUT2D eigenvalue weighted by atomic mass is 10.2. The van der Waals surface area contributed by atoms with Crippen LogP contribution in [0.25, 0.3) is 0 Å². The number of nitro groups is 1. The number of esters is 1. The number of amides is 2. The Labute approximate surface area is 173 Å². The van der Waals surface area contributed by atoms with Crippen molar-refractivity contribution in [1.29, 1.82) is 0 Å². The van der Waals surface area contributed by atoms with Gasteiger partial charge in [0.15, 0.2) is 0 Å². The summed E-state index contributed by atoms with van der Waals surface area (Å²) in [7, 11) is 3.12. The van der Waals surface area contributed by atoms with Crippen molar-refractivity contribution in [3.8, 4) is 0 Å². The van der Waals surface area contributed by atoms with E-state index in [1.54, 1.807) is 27.8 Å². The molecule has 0 fully saturated rings. The minimum absolute atomic E-state index is 0.0927. The van der Waals surface area contributed by atoms with Crippen LogP contribution in [0.15, 0.2) is 24.5 Å². The molecule has 11 heteroatoms. The maximum Gasteiger partial charge on any atom is 0.328 e. The monoisotopic (exact) mass is 419 g/mol. The van der Waals surface area contributed by atoms with Gasteiger partial charge < -0.3 is 24.5 Å².